The molecule has 0 bridgehead atoms. The molecule has 0 atom stereocenters. The zero-order valence-electron chi connectivity index (χ0n) is 15.4. The number of halogens is 2. The molecule has 0 amide bonds. The van der Waals surface area contributed by atoms with E-state index in [0.717, 1.165) is 12.5 Å². The first-order chi connectivity index (χ1) is 12.2. The number of ketones is 1. The molecule has 0 radical (unpaired) electrons. The molecule has 1 N–H and O–H groups in total. The molecule has 2 aromatic carbocycles. The Kier molecular flexibility index (Phi) is 6.48. The summed E-state index contributed by atoms with van der Waals surface area (Å²) in [6.45, 7) is 6.74. The van der Waals surface area contributed by atoms with Crippen molar-refractivity contribution >= 4 is 19.6 Å². The van der Waals surface area contributed by atoms with Gasteiger partial charge in [-0.3, -0.25) is 4.79 Å². The fraction of sp³-hybridized carbons (Fsp3) is 0.286. The van der Waals surface area contributed by atoms with Crippen molar-refractivity contribution in [2.24, 2.45) is 0 Å². The first-order valence-electron chi connectivity index (χ1n) is 8.66. The van der Waals surface area contributed by atoms with Gasteiger partial charge in [-0.25, -0.2) is 8.78 Å². The molecule has 0 heterocycles. The maximum atomic E-state index is 13.2. The molecule has 138 valence electrons. The van der Waals surface area contributed by atoms with Crippen LogP contribution < -0.4 is 0 Å². The van der Waals surface area contributed by atoms with E-state index in [0.29, 0.717) is 17.5 Å². The van der Waals surface area contributed by atoms with E-state index < -0.39 is 19.7 Å². The van der Waals surface area contributed by atoms with Gasteiger partial charge in [0.2, 0.25) is 0 Å². The molecule has 0 saturated heterocycles. The molecule has 2 rings (SSSR count). The summed E-state index contributed by atoms with van der Waals surface area (Å²) in [6, 6.07) is 11.7. The van der Waals surface area contributed by atoms with Gasteiger partial charge in [-0.2, -0.15) is 0 Å². The van der Waals surface area contributed by atoms with Gasteiger partial charge in [0.1, 0.15) is 17.4 Å². The Morgan fingerprint density at radius 1 is 0.885 bits per heavy atom. The molecule has 5 heteroatoms. The molecule has 0 aliphatic carbocycles. The Hall–Kier alpha value is -2.27. The van der Waals surface area contributed by atoms with Gasteiger partial charge in [0.15, 0.2) is 5.78 Å². The van der Waals surface area contributed by atoms with E-state index in [1.165, 1.54) is 48.5 Å². The van der Waals surface area contributed by atoms with E-state index in [1.54, 1.807) is 0 Å². The average molecular weight is 375 g/mol. The standard InChI is InChI=1S/C21H24F2O2Si/c1-26(2,3)14-4-5-19(20(24)15-6-10-17(22)11-7-15)21(25)16-8-12-18(23)13-9-16/h6-13,24H,4-5,14H2,1-3H3/b20-19-. The molecule has 0 aliphatic heterocycles. The highest BCUT2D eigenvalue weighted by Crippen LogP contribution is 2.26. The smallest absolute Gasteiger partial charge is 0.192 e. The number of Topliss-reactive ketones (excluding diaryl/α,β-unsaturated/α-hetero) is 1. The second-order valence-corrected chi connectivity index (χ2v) is 13.2. The number of aliphatic hydroxyl groups is 1. The van der Waals surface area contributed by atoms with Crippen molar-refractivity contribution in [1.29, 1.82) is 0 Å². The largest absolute Gasteiger partial charge is 0.507 e. The van der Waals surface area contributed by atoms with Crippen LogP contribution in [-0.4, -0.2) is 19.0 Å². The predicted octanol–water partition coefficient (Wildman–Crippen LogP) is 6.24. The highest BCUT2D eigenvalue weighted by molar-refractivity contribution is 6.76. The van der Waals surface area contributed by atoms with Gasteiger partial charge in [-0.05, 0) is 55.0 Å². The third kappa shape index (κ3) is 5.63. The minimum Gasteiger partial charge on any atom is -0.507 e. The summed E-state index contributed by atoms with van der Waals surface area (Å²) in [4.78, 5) is 12.9. The summed E-state index contributed by atoms with van der Waals surface area (Å²) in [5.74, 6) is -1.31. The molecule has 0 fully saturated rings. The topological polar surface area (TPSA) is 37.3 Å². The molecule has 0 unspecified atom stereocenters. The maximum Gasteiger partial charge on any atom is 0.192 e. The summed E-state index contributed by atoms with van der Waals surface area (Å²) in [5.41, 5.74) is 0.995. The van der Waals surface area contributed by atoms with E-state index >= 15 is 0 Å². The minimum absolute atomic E-state index is 0.144. The van der Waals surface area contributed by atoms with Gasteiger partial charge in [-0.1, -0.05) is 32.1 Å². The van der Waals surface area contributed by atoms with Crippen molar-refractivity contribution in [3.63, 3.8) is 0 Å². The van der Waals surface area contributed by atoms with Gasteiger partial charge < -0.3 is 5.11 Å². The van der Waals surface area contributed by atoms with Gasteiger partial charge in [-0.15, -0.1) is 0 Å². The lowest BCUT2D eigenvalue weighted by atomic mass is 9.96. The van der Waals surface area contributed by atoms with Crippen LogP contribution >= 0.6 is 0 Å². The third-order valence-corrected chi connectivity index (χ3v) is 5.99. The van der Waals surface area contributed by atoms with Crippen LogP contribution in [0.25, 0.3) is 5.76 Å². The van der Waals surface area contributed by atoms with E-state index in [1.807, 2.05) is 0 Å². The molecule has 0 aliphatic rings. The van der Waals surface area contributed by atoms with Gasteiger partial charge in [0.25, 0.3) is 0 Å². The van der Waals surface area contributed by atoms with Crippen LogP contribution in [0.5, 0.6) is 0 Å². The van der Waals surface area contributed by atoms with Crippen LogP contribution in [0, 0.1) is 11.6 Å². The lowest BCUT2D eigenvalue weighted by Gasteiger charge is -2.17. The van der Waals surface area contributed by atoms with Crippen LogP contribution in [0.4, 0.5) is 8.78 Å². The fourth-order valence-corrected chi connectivity index (χ4v) is 3.93. The van der Waals surface area contributed by atoms with Crippen molar-refractivity contribution in [2.45, 2.75) is 38.5 Å². The SMILES string of the molecule is C[Si](C)(C)CCC/C(C(=O)c1ccc(F)cc1)=C(/O)c1ccc(F)cc1. The van der Waals surface area contributed by atoms with Crippen LogP contribution in [0.2, 0.25) is 25.7 Å². The van der Waals surface area contributed by atoms with E-state index in [2.05, 4.69) is 19.6 Å². The Morgan fingerprint density at radius 3 is 1.81 bits per heavy atom. The second kappa shape index (κ2) is 8.41. The van der Waals surface area contributed by atoms with Crippen molar-refractivity contribution in [3.05, 3.63) is 76.9 Å². The third-order valence-electron chi connectivity index (χ3n) is 4.14. The molecule has 26 heavy (non-hydrogen) atoms. The predicted molar refractivity (Wildman–Crippen MR) is 104 cm³/mol. The number of aliphatic hydroxyl groups excluding tert-OH is 1. The molecule has 0 saturated carbocycles. The highest BCUT2D eigenvalue weighted by Gasteiger charge is 2.20. The molecular formula is C21H24F2O2Si. The summed E-state index contributed by atoms with van der Waals surface area (Å²) >= 11 is 0. The number of hydrogen-bond donors (Lipinski definition) is 1. The minimum atomic E-state index is -1.28. The fourth-order valence-electron chi connectivity index (χ4n) is 2.69. The highest BCUT2D eigenvalue weighted by atomic mass is 28.3. The summed E-state index contributed by atoms with van der Waals surface area (Å²) in [5, 5.41) is 10.7. The summed E-state index contributed by atoms with van der Waals surface area (Å²) < 4.78 is 26.3. The van der Waals surface area contributed by atoms with Crippen molar-refractivity contribution in [3.8, 4) is 0 Å². The zero-order valence-corrected chi connectivity index (χ0v) is 16.4. The Morgan fingerprint density at radius 2 is 1.35 bits per heavy atom. The zero-order chi connectivity index (χ0) is 19.3. The lowest BCUT2D eigenvalue weighted by molar-refractivity contribution is 0.102. The Labute approximate surface area is 154 Å². The molecular weight excluding hydrogens is 350 g/mol. The number of allylic oxidation sites excluding steroid dienone is 1. The number of rotatable bonds is 7. The van der Waals surface area contributed by atoms with Crippen molar-refractivity contribution in [2.75, 3.05) is 0 Å². The van der Waals surface area contributed by atoms with Gasteiger partial charge in [0.05, 0.1) is 0 Å². The van der Waals surface area contributed by atoms with E-state index in [4.69, 9.17) is 0 Å². The van der Waals surface area contributed by atoms with Crippen LogP contribution in [0.15, 0.2) is 54.1 Å². The van der Waals surface area contributed by atoms with Gasteiger partial charge in [0, 0.05) is 24.8 Å². The molecule has 2 aromatic rings. The van der Waals surface area contributed by atoms with Crippen LogP contribution in [-0.2, 0) is 0 Å². The normalized spacial score (nSPS) is 12.7. The second-order valence-electron chi connectivity index (χ2n) is 7.58. The van der Waals surface area contributed by atoms with Crippen LogP contribution in [0.1, 0.15) is 28.8 Å². The quantitative estimate of drug-likeness (QED) is 0.270. The van der Waals surface area contributed by atoms with E-state index in [-0.39, 0.29) is 17.1 Å². The average Bonchev–Trinajstić information content (AvgIpc) is 2.58. The molecule has 0 spiro atoms. The number of hydrogen-bond acceptors (Lipinski definition) is 2. The summed E-state index contributed by atoms with van der Waals surface area (Å²) in [6.07, 6.45) is 1.20. The first-order valence-corrected chi connectivity index (χ1v) is 12.4. The molecule has 2 nitrogen and oxygen atoms in total. The monoisotopic (exact) mass is 374 g/mol. The van der Waals surface area contributed by atoms with E-state index in [9.17, 15) is 18.7 Å². The molecule has 0 aromatic heterocycles. The van der Waals surface area contributed by atoms with Crippen molar-refractivity contribution < 1.29 is 18.7 Å². The van der Waals surface area contributed by atoms with Gasteiger partial charge >= 0.3 is 0 Å². The Balaban J connectivity index is 2.37. The Bertz CT molecular complexity index is 788. The first kappa shape index (κ1) is 20.0. The van der Waals surface area contributed by atoms with Crippen molar-refractivity contribution in [1.82, 2.24) is 0 Å². The lowest BCUT2D eigenvalue weighted by Crippen LogP contribution is -2.19. The summed E-state index contributed by atoms with van der Waals surface area (Å²) in [7, 11) is -1.28. The van der Waals surface area contributed by atoms with Crippen LogP contribution in [0.3, 0.4) is 0 Å². The number of carbonyl (C=O) groups excluding carboxylic acids is 1. The number of benzene rings is 2. The number of carbonyl (C=O) groups is 1. The maximum absolute atomic E-state index is 13.2.